The SMILES string of the molecule is CCCc1ccc(C)cc1NC(=S)NC(=O)NCCCc1cccc(-c2ncn(-c3ccc(OC(F)(F)F)cc3)n2)c1. The van der Waals surface area contributed by atoms with Gasteiger partial charge in [-0.2, -0.15) is 0 Å². The Bertz CT molecular complexity index is 1520. The molecule has 4 aromatic rings. The number of alkyl halides is 3. The molecule has 2 amide bonds. The van der Waals surface area contributed by atoms with Gasteiger partial charge in [0.1, 0.15) is 12.1 Å². The number of hydrogen-bond donors (Lipinski definition) is 3. The average Bonchev–Trinajstić information content (AvgIpc) is 3.43. The Balaban J connectivity index is 1.25. The van der Waals surface area contributed by atoms with E-state index in [0.29, 0.717) is 30.9 Å². The maximum absolute atomic E-state index is 12.4. The molecule has 4 rings (SSSR count). The molecule has 0 aliphatic heterocycles. The first-order valence-corrected chi connectivity index (χ1v) is 13.8. The minimum absolute atomic E-state index is 0.237. The molecular formula is C30H31F3N6O2S. The number of aromatic nitrogens is 3. The molecule has 0 radical (unpaired) electrons. The first kappa shape index (κ1) is 30.5. The number of rotatable bonds is 10. The van der Waals surface area contributed by atoms with E-state index in [1.807, 2.05) is 37.3 Å². The molecule has 1 aromatic heterocycles. The van der Waals surface area contributed by atoms with Gasteiger partial charge in [0.05, 0.1) is 5.69 Å². The lowest BCUT2D eigenvalue weighted by molar-refractivity contribution is -0.274. The largest absolute Gasteiger partial charge is 0.573 e. The first-order valence-electron chi connectivity index (χ1n) is 13.4. The number of anilines is 1. The minimum Gasteiger partial charge on any atom is -0.406 e. The molecule has 1 heterocycles. The summed E-state index contributed by atoms with van der Waals surface area (Å²) in [5.74, 6) is 0.163. The summed E-state index contributed by atoms with van der Waals surface area (Å²) >= 11 is 5.33. The second-order valence-electron chi connectivity index (χ2n) is 9.60. The number of benzene rings is 3. The van der Waals surface area contributed by atoms with Crippen LogP contribution in [0.25, 0.3) is 17.1 Å². The van der Waals surface area contributed by atoms with Crippen LogP contribution in [0.15, 0.2) is 73.1 Å². The molecule has 42 heavy (non-hydrogen) atoms. The van der Waals surface area contributed by atoms with Crippen LogP contribution in [0, 0.1) is 6.92 Å². The Morgan fingerprint density at radius 3 is 2.57 bits per heavy atom. The van der Waals surface area contributed by atoms with Crippen molar-refractivity contribution in [3.63, 3.8) is 0 Å². The molecule has 0 spiro atoms. The monoisotopic (exact) mass is 596 g/mol. The zero-order valence-electron chi connectivity index (χ0n) is 23.2. The van der Waals surface area contributed by atoms with Gasteiger partial charge < -0.3 is 15.4 Å². The molecule has 0 aliphatic carbocycles. The van der Waals surface area contributed by atoms with Gasteiger partial charge in [0, 0.05) is 17.8 Å². The quantitative estimate of drug-likeness (QED) is 0.139. The summed E-state index contributed by atoms with van der Waals surface area (Å²) in [6.07, 6.45) is 0.0661. The number of carbonyl (C=O) groups is 1. The summed E-state index contributed by atoms with van der Waals surface area (Å²) in [5.41, 5.74) is 5.52. The van der Waals surface area contributed by atoms with Crippen molar-refractivity contribution in [2.75, 3.05) is 11.9 Å². The highest BCUT2D eigenvalue weighted by molar-refractivity contribution is 7.80. The number of ether oxygens (including phenoxy) is 1. The average molecular weight is 597 g/mol. The lowest BCUT2D eigenvalue weighted by atomic mass is 10.1. The van der Waals surface area contributed by atoms with E-state index in [4.69, 9.17) is 12.2 Å². The number of amides is 2. The molecule has 220 valence electrons. The fourth-order valence-electron chi connectivity index (χ4n) is 4.28. The molecule has 3 N–H and O–H groups in total. The van der Waals surface area contributed by atoms with Crippen molar-refractivity contribution in [1.29, 1.82) is 0 Å². The summed E-state index contributed by atoms with van der Waals surface area (Å²) in [4.78, 5) is 16.7. The van der Waals surface area contributed by atoms with Crippen molar-refractivity contribution in [3.8, 4) is 22.8 Å². The summed E-state index contributed by atoms with van der Waals surface area (Å²) in [6, 6.07) is 18.9. The Hall–Kier alpha value is -4.45. The normalized spacial score (nSPS) is 11.2. The maximum atomic E-state index is 12.4. The second kappa shape index (κ2) is 13.9. The van der Waals surface area contributed by atoms with Crippen LogP contribution in [0.1, 0.15) is 36.5 Å². The van der Waals surface area contributed by atoms with Crippen LogP contribution < -0.4 is 20.7 Å². The number of halogens is 3. The van der Waals surface area contributed by atoms with Gasteiger partial charge in [0.2, 0.25) is 0 Å². The first-order chi connectivity index (χ1) is 20.1. The number of carbonyl (C=O) groups excluding carboxylic acids is 1. The lowest BCUT2D eigenvalue weighted by Gasteiger charge is -2.14. The van der Waals surface area contributed by atoms with Crippen LogP contribution in [-0.2, 0) is 12.8 Å². The number of nitrogens with zero attached hydrogens (tertiary/aromatic N) is 3. The number of hydrogen-bond acceptors (Lipinski definition) is 5. The molecule has 8 nitrogen and oxygen atoms in total. The zero-order valence-corrected chi connectivity index (χ0v) is 24.0. The summed E-state index contributed by atoms with van der Waals surface area (Å²) in [5, 5.41) is 13.3. The van der Waals surface area contributed by atoms with Crippen molar-refractivity contribution in [2.45, 2.75) is 45.9 Å². The van der Waals surface area contributed by atoms with E-state index in [0.717, 1.165) is 40.8 Å². The third-order valence-electron chi connectivity index (χ3n) is 6.20. The highest BCUT2D eigenvalue weighted by Gasteiger charge is 2.31. The van der Waals surface area contributed by atoms with Crippen LogP contribution in [0.5, 0.6) is 5.75 Å². The Labute approximate surface area is 247 Å². The smallest absolute Gasteiger partial charge is 0.406 e. The standard InChI is InChI=1S/C30H31F3N6O2S/c1-3-6-22-11-10-20(2)17-26(22)36-29(42)37-28(40)34-16-5-8-21-7-4-9-23(18-21)27-35-19-39(38-27)24-12-14-25(15-13-24)41-30(31,32)33/h4,7,9-15,17-19H,3,5-6,8,16H2,1-2H3,(H3,34,36,37,40,42). The van der Waals surface area contributed by atoms with Crippen LogP contribution in [0.3, 0.4) is 0 Å². The molecule has 0 saturated heterocycles. The molecule has 0 fully saturated rings. The molecule has 0 saturated carbocycles. The van der Waals surface area contributed by atoms with Gasteiger partial charge in [0.25, 0.3) is 0 Å². The summed E-state index contributed by atoms with van der Waals surface area (Å²) < 4.78 is 42.6. The number of aryl methyl sites for hydroxylation is 3. The van der Waals surface area contributed by atoms with Crippen LogP contribution in [0.2, 0.25) is 0 Å². The van der Waals surface area contributed by atoms with Gasteiger partial charge in [-0.25, -0.2) is 14.5 Å². The van der Waals surface area contributed by atoms with E-state index >= 15 is 0 Å². The van der Waals surface area contributed by atoms with Gasteiger partial charge in [-0.1, -0.05) is 43.7 Å². The minimum atomic E-state index is -4.75. The molecule has 0 unspecified atom stereocenters. The fourth-order valence-corrected chi connectivity index (χ4v) is 4.48. The van der Waals surface area contributed by atoms with E-state index in [1.54, 1.807) is 0 Å². The van der Waals surface area contributed by atoms with E-state index in [9.17, 15) is 18.0 Å². The third kappa shape index (κ3) is 9.03. The fraction of sp³-hybridized carbons (Fsp3) is 0.267. The topological polar surface area (TPSA) is 93.1 Å². The predicted octanol–water partition coefficient (Wildman–Crippen LogP) is 6.72. The van der Waals surface area contributed by atoms with Crippen molar-refractivity contribution in [1.82, 2.24) is 25.4 Å². The van der Waals surface area contributed by atoms with Gasteiger partial charge in [-0.15, -0.1) is 18.3 Å². The molecular weight excluding hydrogens is 565 g/mol. The predicted molar refractivity (Wildman–Crippen MR) is 160 cm³/mol. The highest BCUT2D eigenvalue weighted by atomic mass is 32.1. The number of thiocarbonyl (C=S) groups is 1. The summed E-state index contributed by atoms with van der Waals surface area (Å²) in [7, 11) is 0. The van der Waals surface area contributed by atoms with Crippen LogP contribution in [0.4, 0.5) is 23.7 Å². The van der Waals surface area contributed by atoms with Gasteiger partial charge in [0.15, 0.2) is 10.9 Å². The van der Waals surface area contributed by atoms with Gasteiger partial charge in [-0.3, -0.25) is 5.32 Å². The third-order valence-corrected chi connectivity index (χ3v) is 6.40. The second-order valence-corrected chi connectivity index (χ2v) is 10.0. The number of nitrogens with one attached hydrogen (secondary N) is 3. The van der Waals surface area contributed by atoms with Crippen molar-refractivity contribution >= 4 is 29.0 Å². The lowest BCUT2D eigenvalue weighted by Crippen LogP contribution is -2.42. The highest BCUT2D eigenvalue weighted by Crippen LogP contribution is 2.24. The van der Waals surface area contributed by atoms with E-state index < -0.39 is 6.36 Å². The Kier molecular flexibility index (Phi) is 10.1. The Morgan fingerprint density at radius 1 is 1.05 bits per heavy atom. The Morgan fingerprint density at radius 2 is 1.83 bits per heavy atom. The zero-order chi connectivity index (χ0) is 30.1. The van der Waals surface area contributed by atoms with Crippen LogP contribution >= 0.6 is 12.2 Å². The molecule has 0 aliphatic rings. The van der Waals surface area contributed by atoms with Crippen molar-refractivity contribution in [2.24, 2.45) is 0 Å². The van der Waals surface area contributed by atoms with E-state index in [-0.39, 0.29) is 16.9 Å². The summed E-state index contributed by atoms with van der Waals surface area (Å²) in [6.45, 7) is 4.57. The van der Waals surface area contributed by atoms with Crippen LogP contribution in [-0.4, -0.2) is 38.8 Å². The van der Waals surface area contributed by atoms with E-state index in [2.05, 4.69) is 49.8 Å². The van der Waals surface area contributed by atoms with Gasteiger partial charge in [-0.05, 0) is 91.5 Å². The molecule has 0 atom stereocenters. The molecule has 3 aromatic carbocycles. The van der Waals surface area contributed by atoms with Crippen molar-refractivity contribution in [3.05, 3.63) is 89.7 Å². The molecule has 0 bridgehead atoms. The van der Waals surface area contributed by atoms with Crippen molar-refractivity contribution < 1.29 is 22.7 Å². The maximum Gasteiger partial charge on any atom is 0.573 e. The molecule has 12 heteroatoms. The van der Waals surface area contributed by atoms with E-state index in [1.165, 1.54) is 35.3 Å². The number of urea groups is 1. The van der Waals surface area contributed by atoms with Gasteiger partial charge >= 0.3 is 12.4 Å².